The zero-order chi connectivity index (χ0) is 12.8. The Morgan fingerprint density at radius 3 is 2.29 bits per heavy atom. The summed E-state index contributed by atoms with van der Waals surface area (Å²) < 4.78 is 51.5. The van der Waals surface area contributed by atoms with Crippen molar-refractivity contribution in [1.82, 2.24) is 0 Å². The van der Waals surface area contributed by atoms with Crippen molar-refractivity contribution in [3.8, 4) is 0 Å². The average Bonchev–Trinajstić information content (AvgIpc) is 2.97. The lowest BCUT2D eigenvalue weighted by Gasteiger charge is -2.24. The summed E-state index contributed by atoms with van der Waals surface area (Å²) in [4.78, 5) is 0. The van der Waals surface area contributed by atoms with Crippen LogP contribution in [0.15, 0.2) is 18.2 Å². The first-order valence-electron chi connectivity index (χ1n) is 5.40. The van der Waals surface area contributed by atoms with E-state index in [1.807, 2.05) is 0 Å². The summed E-state index contributed by atoms with van der Waals surface area (Å²) in [6.45, 7) is 1.69. The molecule has 1 unspecified atom stereocenters. The molecule has 1 aliphatic rings. The summed E-state index contributed by atoms with van der Waals surface area (Å²) in [5.41, 5.74) is 4.36. The monoisotopic (exact) mass is 247 g/mol. The van der Waals surface area contributed by atoms with E-state index in [0.29, 0.717) is 18.9 Å². The molecule has 1 atom stereocenters. The molecule has 1 aromatic carbocycles. The van der Waals surface area contributed by atoms with E-state index in [9.17, 15) is 17.6 Å². The van der Waals surface area contributed by atoms with Gasteiger partial charge in [0, 0.05) is 11.5 Å². The van der Waals surface area contributed by atoms with Crippen molar-refractivity contribution in [2.75, 3.05) is 0 Å². The molecule has 1 saturated carbocycles. The van der Waals surface area contributed by atoms with E-state index in [1.165, 1.54) is 6.07 Å². The Kier molecular flexibility index (Phi) is 2.69. The summed E-state index contributed by atoms with van der Waals surface area (Å²) in [6.07, 6.45) is -3.29. The highest BCUT2D eigenvalue weighted by molar-refractivity contribution is 5.42. The number of halogens is 4. The number of rotatable bonds is 2. The molecule has 2 rings (SSSR count). The third-order valence-corrected chi connectivity index (χ3v) is 3.48. The normalized spacial score (nSPS) is 20.1. The van der Waals surface area contributed by atoms with Gasteiger partial charge in [0.15, 0.2) is 0 Å². The summed E-state index contributed by atoms with van der Waals surface area (Å²) in [7, 11) is 0. The highest BCUT2D eigenvalue weighted by atomic mass is 19.4. The van der Waals surface area contributed by atoms with Crippen LogP contribution in [0.5, 0.6) is 0 Å². The number of hydrogen-bond acceptors (Lipinski definition) is 1. The molecule has 1 nitrogen and oxygen atoms in total. The van der Waals surface area contributed by atoms with Gasteiger partial charge >= 0.3 is 6.18 Å². The lowest BCUT2D eigenvalue weighted by atomic mass is 9.86. The van der Waals surface area contributed by atoms with Gasteiger partial charge < -0.3 is 5.73 Å². The first kappa shape index (κ1) is 12.4. The number of alkyl halides is 3. The minimum absolute atomic E-state index is 0.126. The molecular formula is C12H13F4N. The van der Waals surface area contributed by atoms with Crippen molar-refractivity contribution in [2.45, 2.75) is 37.4 Å². The second-order valence-electron chi connectivity index (χ2n) is 4.63. The SMILES string of the molecule is CC(N)C1(c2ccc(F)cc2C(F)(F)F)CC1. The quantitative estimate of drug-likeness (QED) is 0.798. The second kappa shape index (κ2) is 3.70. The fourth-order valence-electron chi connectivity index (χ4n) is 2.29. The zero-order valence-electron chi connectivity index (χ0n) is 9.31. The zero-order valence-corrected chi connectivity index (χ0v) is 9.31. The standard InChI is InChI=1S/C12H13F4N/c1-7(17)11(4-5-11)9-3-2-8(13)6-10(9)12(14,15)16/h2-3,6-7H,4-5,17H2,1H3. The molecule has 17 heavy (non-hydrogen) atoms. The van der Waals surface area contributed by atoms with Crippen molar-refractivity contribution < 1.29 is 17.6 Å². The maximum absolute atomic E-state index is 13.0. The summed E-state index contributed by atoms with van der Waals surface area (Å²) in [5, 5.41) is 0. The molecule has 1 aromatic rings. The van der Waals surface area contributed by atoms with Gasteiger partial charge in [0.05, 0.1) is 5.56 Å². The molecule has 0 radical (unpaired) electrons. The van der Waals surface area contributed by atoms with Gasteiger partial charge in [-0.05, 0) is 37.5 Å². The van der Waals surface area contributed by atoms with E-state index < -0.39 is 23.0 Å². The van der Waals surface area contributed by atoms with Crippen LogP contribution in [0.1, 0.15) is 30.9 Å². The lowest BCUT2D eigenvalue weighted by molar-refractivity contribution is -0.138. The van der Waals surface area contributed by atoms with Crippen LogP contribution in [0.3, 0.4) is 0 Å². The van der Waals surface area contributed by atoms with E-state index >= 15 is 0 Å². The van der Waals surface area contributed by atoms with E-state index in [4.69, 9.17) is 5.73 Å². The maximum atomic E-state index is 13.0. The molecule has 0 heterocycles. The van der Waals surface area contributed by atoms with Gasteiger partial charge in [-0.25, -0.2) is 4.39 Å². The smallest absolute Gasteiger partial charge is 0.327 e. The molecular weight excluding hydrogens is 234 g/mol. The Hall–Kier alpha value is -1.10. The van der Waals surface area contributed by atoms with Crippen LogP contribution in [0.25, 0.3) is 0 Å². The third-order valence-electron chi connectivity index (χ3n) is 3.48. The van der Waals surface area contributed by atoms with Crippen LogP contribution < -0.4 is 5.73 Å². The summed E-state index contributed by atoms with van der Waals surface area (Å²) >= 11 is 0. The number of nitrogens with two attached hydrogens (primary N) is 1. The molecule has 5 heteroatoms. The minimum atomic E-state index is -4.54. The van der Waals surface area contributed by atoms with Crippen LogP contribution in [0, 0.1) is 5.82 Å². The van der Waals surface area contributed by atoms with Crippen molar-refractivity contribution in [3.05, 3.63) is 35.1 Å². The lowest BCUT2D eigenvalue weighted by Crippen LogP contribution is -2.33. The van der Waals surface area contributed by atoms with Gasteiger partial charge in [0.1, 0.15) is 5.82 Å². The van der Waals surface area contributed by atoms with Gasteiger partial charge in [-0.3, -0.25) is 0 Å². The summed E-state index contributed by atoms with van der Waals surface area (Å²) in [6, 6.07) is 2.47. The van der Waals surface area contributed by atoms with Gasteiger partial charge in [-0.1, -0.05) is 6.07 Å². The second-order valence-corrected chi connectivity index (χ2v) is 4.63. The first-order chi connectivity index (χ1) is 7.77. The molecule has 0 aromatic heterocycles. The van der Waals surface area contributed by atoms with Crippen molar-refractivity contribution in [1.29, 1.82) is 0 Å². The highest BCUT2D eigenvalue weighted by Crippen LogP contribution is 2.53. The third kappa shape index (κ3) is 2.04. The van der Waals surface area contributed by atoms with Gasteiger partial charge in [0.2, 0.25) is 0 Å². The van der Waals surface area contributed by atoms with E-state index in [0.717, 1.165) is 6.07 Å². The Morgan fingerprint density at radius 2 is 1.88 bits per heavy atom. The Morgan fingerprint density at radius 1 is 1.29 bits per heavy atom. The molecule has 0 saturated heterocycles. The molecule has 2 N–H and O–H groups in total. The molecule has 1 aliphatic carbocycles. The van der Waals surface area contributed by atoms with Crippen molar-refractivity contribution in [3.63, 3.8) is 0 Å². The molecule has 0 aliphatic heterocycles. The fraction of sp³-hybridized carbons (Fsp3) is 0.500. The molecule has 0 amide bonds. The fourth-order valence-corrected chi connectivity index (χ4v) is 2.29. The van der Waals surface area contributed by atoms with Crippen LogP contribution >= 0.6 is 0 Å². The predicted octanol–water partition coefficient (Wildman–Crippen LogP) is 3.22. The largest absolute Gasteiger partial charge is 0.416 e. The minimum Gasteiger partial charge on any atom is -0.327 e. The predicted molar refractivity (Wildman–Crippen MR) is 56.0 cm³/mol. The Bertz CT molecular complexity index is 433. The van der Waals surface area contributed by atoms with Gasteiger partial charge in [0.25, 0.3) is 0 Å². The van der Waals surface area contributed by atoms with E-state index in [-0.39, 0.29) is 11.6 Å². The van der Waals surface area contributed by atoms with Gasteiger partial charge in [-0.15, -0.1) is 0 Å². The Balaban J connectivity index is 2.55. The van der Waals surface area contributed by atoms with E-state index in [1.54, 1.807) is 6.92 Å². The Labute approximate surface area is 96.6 Å². The van der Waals surface area contributed by atoms with Crippen molar-refractivity contribution in [2.24, 2.45) is 5.73 Å². The number of benzene rings is 1. The average molecular weight is 247 g/mol. The van der Waals surface area contributed by atoms with Crippen molar-refractivity contribution >= 4 is 0 Å². The molecule has 94 valence electrons. The van der Waals surface area contributed by atoms with Crippen LogP contribution in [-0.4, -0.2) is 6.04 Å². The first-order valence-corrected chi connectivity index (χ1v) is 5.40. The number of hydrogen-bond donors (Lipinski definition) is 1. The van der Waals surface area contributed by atoms with Crippen LogP contribution in [-0.2, 0) is 11.6 Å². The molecule has 1 fully saturated rings. The summed E-state index contributed by atoms with van der Waals surface area (Å²) in [5.74, 6) is -0.874. The molecule has 0 bridgehead atoms. The topological polar surface area (TPSA) is 26.0 Å². The maximum Gasteiger partial charge on any atom is 0.416 e. The highest BCUT2D eigenvalue weighted by Gasteiger charge is 2.51. The van der Waals surface area contributed by atoms with Gasteiger partial charge in [-0.2, -0.15) is 13.2 Å². The van der Waals surface area contributed by atoms with E-state index in [2.05, 4.69) is 0 Å². The van der Waals surface area contributed by atoms with Crippen LogP contribution in [0.2, 0.25) is 0 Å². The molecule has 0 spiro atoms. The van der Waals surface area contributed by atoms with Crippen LogP contribution in [0.4, 0.5) is 17.6 Å².